The molecule has 9 aromatic carbocycles. The van der Waals surface area contributed by atoms with E-state index in [0.717, 1.165) is 5.69 Å². The van der Waals surface area contributed by atoms with Gasteiger partial charge in [0, 0.05) is 42.4 Å². The molecule has 0 atom stereocenters. The Hall–Kier alpha value is -7.00. The molecule has 3 aliphatic rings. The van der Waals surface area contributed by atoms with Crippen molar-refractivity contribution in [2.75, 3.05) is 4.90 Å². The standard InChI is InChI=1S/C58H39NS/c1-57(2)45-20-8-5-18-42(45)55-49(57)24-13-26-51(55)59(38-32-29-36(30-33-38)37-31-34-54-44(35-37)41-17-7-12-28-53(41)60-54)52-27-14-25-50-56(52)43-19-6-11-23-48(43)58(50)46-21-9-3-15-39(46)40-16-4-10-22-47(40)58/h3-35H,1-2H3. The highest BCUT2D eigenvalue weighted by atomic mass is 32.1. The molecule has 0 N–H and O–H groups in total. The van der Waals surface area contributed by atoms with E-state index < -0.39 is 5.41 Å². The Labute approximate surface area is 354 Å². The summed E-state index contributed by atoms with van der Waals surface area (Å²) in [6.07, 6.45) is 0. The van der Waals surface area contributed by atoms with Crippen LogP contribution in [0.15, 0.2) is 200 Å². The normalized spacial score (nSPS) is 14.4. The molecule has 0 aliphatic heterocycles. The van der Waals surface area contributed by atoms with Crippen LogP contribution in [0.5, 0.6) is 0 Å². The average Bonchev–Trinajstić information content (AvgIpc) is 3.99. The lowest BCUT2D eigenvalue weighted by Gasteiger charge is -2.32. The molecule has 2 heteroatoms. The number of hydrogen-bond donors (Lipinski definition) is 0. The van der Waals surface area contributed by atoms with Gasteiger partial charge >= 0.3 is 0 Å². The van der Waals surface area contributed by atoms with Crippen molar-refractivity contribution in [2.45, 2.75) is 24.7 Å². The van der Waals surface area contributed by atoms with E-state index in [2.05, 4.69) is 219 Å². The first kappa shape index (κ1) is 33.9. The lowest BCUT2D eigenvalue weighted by atomic mass is 9.70. The molecule has 3 aliphatic carbocycles. The molecule has 1 heterocycles. The molecule has 0 bridgehead atoms. The van der Waals surface area contributed by atoms with Crippen molar-refractivity contribution in [2.24, 2.45) is 0 Å². The van der Waals surface area contributed by atoms with E-state index in [-0.39, 0.29) is 5.41 Å². The number of nitrogens with zero attached hydrogens (tertiary/aromatic N) is 1. The van der Waals surface area contributed by atoms with E-state index in [1.54, 1.807) is 0 Å². The zero-order valence-electron chi connectivity index (χ0n) is 33.4. The molecule has 0 saturated carbocycles. The van der Waals surface area contributed by atoms with Crippen LogP contribution in [-0.2, 0) is 10.8 Å². The Morgan fingerprint density at radius 3 is 1.53 bits per heavy atom. The third-order valence-corrected chi connectivity index (χ3v) is 15.1. The van der Waals surface area contributed by atoms with Crippen molar-refractivity contribution in [3.05, 3.63) is 234 Å². The Morgan fingerprint density at radius 1 is 0.367 bits per heavy atom. The van der Waals surface area contributed by atoms with Gasteiger partial charge < -0.3 is 4.90 Å². The van der Waals surface area contributed by atoms with E-state index in [4.69, 9.17) is 0 Å². The maximum absolute atomic E-state index is 2.57. The summed E-state index contributed by atoms with van der Waals surface area (Å²) < 4.78 is 2.66. The number of benzene rings is 9. The molecule has 0 unspecified atom stereocenters. The first-order valence-corrected chi connectivity index (χ1v) is 21.8. The molecule has 60 heavy (non-hydrogen) atoms. The summed E-state index contributed by atoms with van der Waals surface area (Å²) in [7, 11) is 0. The maximum Gasteiger partial charge on any atom is 0.0726 e. The summed E-state index contributed by atoms with van der Waals surface area (Å²) in [5.74, 6) is 0. The second-order valence-electron chi connectivity index (χ2n) is 17.1. The molecule has 282 valence electrons. The van der Waals surface area contributed by atoms with E-state index >= 15 is 0 Å². The quantitative estimate of drug-likeness (QED) is 0.172. The predicted octanol–water partition coefficient (Wildman–Crippen LogP) is 15.8. The van der Waals surface area contributed by atoms with Gasteiger partial charge in [-0.15, -0.1) is 11.3 Å². The minimum absolute atomic E-state index is 0.130. The van der Waals surface area contributed by atoms with Crippen molar-refractivity contribution >= 4 is 48.6 Å². The third kappa shape index (κ3) is 4.36. The van der Waals surface area contributed by atoms with Gasteiger partial charge in [0.15, 0.2) is 0 Å². The number of thiophene rings is 1. The molecular weight excluding hydrogens is 743 g/mol. The van der Waals surface area contributed by atoms with Gasteiger partial charge in [0.05, 0.1) is 16.8 Å². The summed E-state index contributed by atoms with van der Waals surface area (Å²) in [6.45, 7) is 4.76. The van der Waals surface area contributed by atoms with Crippen LogP contribution in [0.4, 0.5) is 17.1 Å². The summed E-state index contributed by atoms with van der Waals surface area (Å²) in [4.78, 5) is 2.57. The van der Waals surface area contributed by atoms with E-state index in [9.17, 15) is 0 Å². The second kappa shape index (κ2) is 12.3. The fourth-order valence-corrected chi connectivity index (χ4v) is 12.4. The van der Waals surface area contributed by atoms with Crippen molar-refractivity contribution in [1.82, 2.24) is 0 Å². The van der Waals surface area contributed by atoms with Crippen molar-refractivity contribution in [3.8, 4) is 44.5 Å². The van der Waals surface area contributed by atoms with E-state index in [0.29, 0.717) is 0 Å². The second-order valence-corrected chi connectivity index (χ2v) is 18.2. The van der Waals surface area contributed by atoms with Crippen molar-refractivity contribution in [1.29, 1.82) is 0 Å². The first-order chi connectivity index (χ1) is 29.5. The number of anilines is 3. The molecule has 1 nitrogen and oxygen atoms in total. The summed E-state index contributed by atoms with van der Waals surface area (Å²) in [5.41, 5.74) is 21.4. The van der Waals surface area contributed by atoms with Crippen LogP contribution in [0.25, 0.3) is 64.7 Å². The van der Waals surface area contributed by atoms with E-state index in [1.807, 2.05) is 11.3 Å². The van der Waals surface area contributed by atoms with E-state index in [1.165, 1.54) is 109 Å². The highest BCUT2D eigenvalue weighted by Crippen LogP contribution is 2.65. The minimum Gasteiger partial charge on any atom is -0.309 e. The molecule has 0 fully saturated rings. The Balaban J connectivity index is 1.07. The van der Waals surface area contributed by atoms with Gasteiger partial charge in [0.1, 0.15) is 0 Å². The van der Waals surface area contributed by atoms with Crippen LogP contribution in [0, 0.1) is 0 Å². The van der Waals surface area contributed by atoms with Crippen LogP contribution < -0.4 is 4.90 Å². The zero-order valence-corrected chi connectivity index (χ0v) is 34.2. The molecule has 1 aromatic heterocycles. The Bertz CT molecular complexity index is 3370. The highest BCUT2D eigenvalue weighted by molar-refractivity contribution is 7.25. The molecule has 0 radical (unpaired) electrons. The van der Waals surface area contributed by atoms with Gasteiger partial charge in [-0.3, -0.25) is 0 Å². The summed E-state index contributed by atoms with van der Waals surface area (Å²) in [5, 5.41) is 2.65. The van der Waals surface area contributed by atoms with Crippen molar-refractivity contribution in [3.63, 3.8) is 0 Å². The van der Waals surface area contributed by atoms with Gasteiger partial charge in [0.2, 0.25) is 0 Å². The van der Waals surface area contributed by atoms with Crippen LogP contribution in [-0.4, -0.2) is 0 Å². The number of hydrogen-bond acceptors (Lipinski definition) is 2. The zero-order chi connectivity index (χ0) is 39.7. The summed E-state index contributed by atoms with van der Waals surface area (Å²) >= 11 is 1.87. The van der Waals surface area contributed by atoms with Crippen LogP contribution in [0.1, 0.15) is 47.2 Å². The Morgan fingerprint density at radius 2 is 0.850 bits per heavy atom. The van der Waals surface area contributed by atoms with Gasteiger partial charge in [-0.25, -0.2) is 0 Å². The average molecular weight is 782 g/mol. The molecule has 0 amide bonds. The first-order valence-electron chi connectivity index (χ1n) is 21.0. The molecule has 1 spiro atoms. The lowest BCUT2D eigenvalue weighted by molar-refractivity contribution is 0.660. The van der Waals surface area contributed by atoms with Crippen LogP contribution >= 0.6 is 11.3 Å². The fraction of sp³-hybridized carbons (Fsp3) is 0.0690. The lowest BCUT2D eigenvalue weighted by Crippen LogP contribution is -2.26. The third-order valence-electron chi connectivity index (χ3n) is 13.9. The monoisotopic (exact) mass is 781 g/mol. The SMILES string of the molecule is CC1(C)c2ccccc2-c2c(N(c3ccc(-c4ccc5sc6ccccc6c5c4)cc3)c3cccc4c3-c3ccccc3C43c4ccccc4-c4ccccc43)cccc21. The highest BCUT2D eigenvalue weighted by Gasteiger charge is 2.52. The van der Waals surface area contributed by atoms with Gasteiger partial charge in [0.25, 0.3) is 0 Å². The largest absolute Gasteiger partial charge is 0.309 e. The molecular formula is C58H39NS. The van der Waals surface area contributed by atoms with Crippen LogP contribution in [0.2, 0.25) is 0 Å². The molecule has 0 saturated heterocycles. The Kier molecular flexibility index (Phi) is 6.94. The predicted molar refractivity (Wildman–Crippen MR) is 253 cm³/mol. The smallest absolute Gasteiger partial charge is 0.0726 e. The number of fused-ring (bicyclic) bond motifs is 16. The van der Waals surface area contributed by atoms with Crippen LogP contribution in [0.3, 0.4) is 0 Å². The minimum atomic E-state index is -0.428. The molecule has 10 aromatic rings. The maximum atomic E-state index is 2.57. The molecule has 13 rings (SSSR count). The summed E-state index contributed by atoms with van der Waals surface area (Å²) in [6, 6.07) is 75.4. The number of rotatable bonds is 4. The van der Waals surface area contributed by atoms with Gasteiger partial charge in [-0.1, -0.05) is 172 Å². The fourth-order valence-electron chi connectivity index (χ4n) is 11.3. The van der Waals surface area contributed by atoms with Gasteiger partial charge in [-0.05, 0) is 109 Å². The van der Waals surface area contributed by atoms with Gasteiger partial charge in [-0.2, -0.15) is 0 Å². The van der Waals surface area contributed by atoms with Crippen molar-refractivity contribution < 1.29 is 0 Å². The topological polar surface area (TPSA) is 3.24 Å².